The molecule has 1 saturated heterocycles. The zero-order chi connectivity index (χ0) is 19.4. The second-order valence-corrected chi connectivity index (χ2v) is 6.86. The van der Waals surface area contributed by atoms with E-state index >= 15 is 0 Å². The van der Waals surface area contributed by atoms with Crippen LogP contribution in [0.4, 0.5) is 0 Å². The van der Waals surface area contributed by atoms with Crippen molar-refractivity contribution in [1.82, 2.24) is 10.1 Å². The van der Waals surface area contributed by atoms with Crippen molar-refractivity contribution in [2.75, 3.05) is 41.5 Å². The van der Waals surface area contributed by atoms with Crippen LogP contribution in [-0.4, -0.2) is 57.7 Å². The van der Waals surface area contributed by atoms with Gasteiger partial charge in [-0.25, -0.2) is 0 Å². The molecule has 148 valence electrons. The summed E-state index contributed by atoms with van der Waals surface area (Å²) in [6, 6.07) is 5.93. The third kappa shape index (κ3) is 4.20. The lowest BCUT2D eigenvalue weighted by molar-refractivity contribution is 0.0761. The Morgan fingerprint density at radius 3 is 2.44 bits per heavy atom. The van der Waals surface area contributed by atoms with Gasteiger partial charge in [0.15, 0.2) is 11.5 Å². The highest BCUT2D eigenvalue weighted by Crippen LogP contribution is 2.40. The summed E-state index contributed by atoms with van der Waals surface area (Å²) in [5.41, 5.74) is 1.96. The van der Waals surface area contributed by atoms with Gasteiger partial charge in [-0.3, -0.25) is 4.90 Å². The third-order valence-electron chi connectivity index (χ3n) is 5.08. The van der Waals surface area contributed by atoms with Crippen LogP contribution < -0.4 is 14.2 Å². The number of hydrogen-bond donors (Lipinski definition) is 0. The van der Waals surface area contributed by atoms with Crippen molar-refractivity contribution in [3.8, 4) is 17.2 Å². The zero-order valence-electron chi connectivity index (χ0n) is 16.7. The summed E-state index contributed by atoms with van der Waals surface area (Å²) < 4.78 is 27.6. The molecule has 1 fully saturated rings. The molecular formula is C20H28N2O5. The third-order valence-corrected chi connectivity index (χ3v) is 5.08. The molecule has 3 rings (SSSR count). The molecule has 0 radical (unpaired) electrons. The standard InChI is InChI=1S/C20H28N2O5/c1-13-8-16(27-21-13)9-15-11-22(12-18(15)24-3)10-14-6-7-17(23-2)20(26-5)19(14)25-4/h6-8,15,18H,9-12H2,1-5H3/t15-,18+/m1/s1. The van der Waals surface area contributed by atoms with E-state index < -0.39 is 0 Å². The molecule has 1 aromatic heterocycles. The van der Waals surface area contributed by atoms with Gasteiger partial charge in [0.1, 0.15) is 5.76 Å². The van der Waals surface area contributed by atoms with Gasteiger partial charge >= 0.3 is 0 Å². The number of likely N-dealkylation sites (tertiary alicyclic amines) is 1. The molecule has 0 aliphatic carbocycles. The first-order valence-electron chi connectivity index (χ1n) is 9.04. The molecule has 2 atom stereocenters. The van der Waals surface area contributed by atoms with Crippen LogP contribution in [0.3, 0.4) is 0 Å². The summed E-state index contributed by atoms with van der Waals surface area (Å²) in [6.07, 6.45) is 0.973. The quantitative estimate of drug-likeness (QED) is 0.702. The van der Waals surface area contributed by atoms with Crippen LogP contribution in [0.25, 0.3) is 0 Å². The molecule has 0 saturated carbocycles. The summed E-state index contributed by atoms with van der Waals surface area (Å²) in [4.78, 5) is 2.37. The molecule has 0 spiro atoms. The van der Waals surface area contributed by atoms with Gasteiger partial charge in [-0.1, -0.05) is 11.2 Å². The number of methoxy groups -OCH3 is 4. The van der Waals surface area contributed by atoms with Crippen LogP contribution in [0.5, 0.6) is 17.2 Å². The van der Waals surface area contributed by atoms with E-state index in [0.29, 0.717) is 23.2 Å². The smallest absolute Gasteiger partial charge is 0.203 e. The molecule has 2 aromatic rings. The average Bonchev–Trinajstić information content (AvgIpc) is 3.26. The van der Waals surface area contributed by atoms with E-state index in [1.54, 1.807) is 28.4 Å². The van der Waals surface area contributed by atoms with Crippen LogP contribution in [0.1, 0.15) is 17.0 Å². The van der Waals surface area contributed by atoms with E-state index in [1.165, 1.54) is 0 Å². The van der Waals surface area contributed by atoms with Gasteiger partial charge in [-0.05, 0) is 13.0 Å². The van der Waals surface area contributed by atoms with Gasteiger partial charge in [-0.15, -0.1) is 0 Å². The minimum atomic E-state index is 0.154. The predicted molar refractivity (Wildman–Crippen MR) is 101 cm³/mol. The largest absolute Gasteiger partial charge is 0.493 e. The second-order valence-electron chi connectivity index (χ2n) is 6.86. The first-order chi connectivity index (χ1) is 13.1. The van der Waals surface area contributed by atoms with E-state index in [4.69, 9.17) is 23.5 Å². The fourth-order valence-electron chi connectivity index (χ4n) is 3.82. The van der Waals surface area contributed by atoms with Crippen LogP contribution in [0.2, 0.25) is 0 Å². The number of aromatic nitrogens is 1. The van der Waals surface area contributed by atoms with E-state index in [1.807, 2.05) is 25.1 Å². The highest BCUT2D eigenvalue weighted by atomic mass is 16.5. The molecule has 0 N–H and O–H groups in total. The lowest BCUT2D eigenvalue weighted by Crippen LogP contribution is -2.23. The normalized spacial score (nSPS) is 20.0. The Morgan fingerprint density at radius 1 is 1.07 bits per heavy atom. The molecule has 0 bridgehead atoms. The van der Waals surface area contributed by atoms with Gasteiger partial charge in [0, 0.05) is 50.7 Å². The number of rotatable bonds is 8. The fourth-order valence-corrected chi connectivity index (χ4v) is 3.82. The molecule has 1 aromatic carbocycles. The summed E-state index contributed by atoms with van der Waals surface area (Å²) in [6.45, 7) is 4.45. The highest BCUT2D eigenvalue weighted by Gasteiger charge is 2.34. The van der Waals surface area contributed by atoms with E-state index in [2.05, 4.69) is 10.1 Å². The van der Waals surface area contributed by atoms with E-state index in [0.717, 1.165) is 43.1 Å². The molecule has 27 heavy (non-hydrogen) atoms. The van der Waals surface area contributed by atoms with Crippen molar-refractivity contribution in [2.24, 2.45) is 5.92 Å². The lowest BCUT2D eigenvalue weighted by atomic mass is 10.0. The maximum absolute atomic E-state index is 5.73. The minimum absolute atomic E-state index is 0.154. The Labute approximate surface area is 160 Å². The number of nitrogens with zero attached hydrogens (tertiary/aromatic N) is 2. The Kier molecular flexibility index (Phi) is 6.23. The Bertz CT molecular complexity index is 761. The van der Waals surface area contributed by atoms with Crippen LogP contribution in [0.15, 0.2) is 22.7 Å². The predicted octanol–water partition coefficient (Wildman–Crippen LogP) is 2.70. The maximum Gasteiger partial charge on any atom is 0.203 e. The van der Waals surface area contributed by atoms with Crippen LogP contribution >= 0.6 is 0 Å². The van der Waals surface area contributed by atoms with Crippen molar-refractivity contribution in [3.63, 3.8) is 0 Å². The van der Waals surface area contributed by atoms with Crippen molar-refractivity contribution in [2.45, 2.75) is 26.0 Å². The number of benzene rings is 1. The van der Waals surface area contributed by atoms with Gasteiger partial charge in [0.05, 0.1) is 33.1 Å². The molecular weight excluding hydrogens is 348 g/mol. The Balaban J connectivity index is 1.74. The van der Waals surface area contributed by atoms with Gasteiger partial charge in [0.25, 0.3) is 0 Å². The Morgan fingerprint density at radius 2 is 1.85 bits per heavy atom. The second kappa shape index (κ2) is 8.63. The highest BCUT2D eigenvalue weighted by molar-refractivity contribution is 5.55. The average molecular weight is 376 g/mol. The molecule has 0 unspecified atom stereocenters. The minimum Gasteiger partial charge on any atom is -0.493 e. The molecule has 7 nitrogen and oxygen atoms in total. The first kappa shape index (κ1) is 19.5. The van der Waals surface area contributed by atoms with Gasteiger partial charge < -0.3 is 23.5 Å². The first-order valence-corrected chi connectivity index (χ1v) is 9.04. The van der Waals surface area contributed by atoms with Gasteiger partial charge in [0.2, 0.25) is 5.75 Å². The SMILES string of the molecule is COc1ccc(CN2C[C@@H](Cc3cc(C)no3)[C@@H](OC)C2)c(OC)c1OC. The molecule has 0 amide bonds. The van der Waals surface area contributed by atoms with E-state index in [-0.39, 0.29) is 6.10 Å². The van der Waals surface area contributed by atoms with Crippen molar-refractivity contribution >= 4 is 0 Å². The molecule has 2 heterocycles. The number of hydrogen-bond acceptors (Lipinski definition) is 7. The molecule has 1 aliphatic heterocycles. The summed E-state index contributed by atoms with van der Waals surface area (Å²) >= 11 is 0. The summed E-state index contributed by atoms with van der Waals surface area (Å²) in [5, 5.41) is 3.98. The number of aryl methyl sites for hydroxylation is 1. The van der Waals surface area contributed by atoms with Crippen LogP contribution in [0, 0.1) is 12.8 Å². The molecule has 1 aliphatic rings. The number of ether oxygens (including phenoxy) is 4. The van der Waals surface area contributed by atoms with E-state index in [9.17, 15) is 0 Å². The molecule has 7 heteroatoms. The fraction of sp³-hybridized carbons (Fsp3) is 0.550. The topological polar surface area (TPSA) is 66.2 Å². The Hall–Kier alpha value is -2.25. The van der Waals surface area contributed by atoms with Crippen molar-refractivity contribution < 1.29 is 23.5 Å². The monoisotopic (exact) mass is 376 g/mol. The summed E-state index contributed by atoms with van der Waals surface area (Å²) in [7, 11) is 6.66. The van der Waals surface area contributed by atoms with Crippen molar-refractivity contribution in [1.29, 1.82) is 0 Å². The zero-order valence-corrected chi connectivity index (χ0v) is 16.7. The van der Waals surface area contributed by atoms with Gasteiger partial charge in [-0.2, -0.15) is 0 Å². The maximum atomic E-state index is 5.73. The lowest BCUT2D eigenvalue weighted by Gasteiger charge is -2.20. The van der Waals surface area contributed by atoms with Crippen LogP contribution in [-0.2, 0) is 17.7 Å². The summed E-state index contributed by atoms with van der Waals surface area (Å²) in [5.74, 6) is 3.25. The van der Waals surface area contributed by atoms with Crippen molar-refractivity contribution in [3.05, 3.63) is 35.2 Å².